The largest absolute Gasteiger partial charge is 0.496 e. The van der Waals surface area contributed by atoms with Crippen LogP contribution in [0.5, 0.6) is 5.75 Å². The third-order valence-corrected chi connectivity index (χ3v) is 5.10. The Morgan fingerprint density at radius 1 is 0.750 bits per heavy atom. The lowest BCUT2D eigenvalue weighted by molar-refractivity contribution is -0.138. The quantitative estimate of drug-likeness (QED) is 0.336. The molecule has 0 aliphatic carbocycles. The first-order valence-corrected chi connectivity index (χ1v) is 10.6. The normalized spacial score (nSPS) is 10.8. The Labute approximate surface area is 169 Å². The van der Waals surface area contributed by atoms with E-state index < -0.39 is 11.9 Å². The molecular formula is C23H36O5. The second-order valence-electron chi connectivity index (χ2n) is 7.42. The van der Waals surface area contributed by atoms with Crippen LogP contribution in [0.15, 0.2) is 18.2 Å². The number of carbonyl (C=O) groups is 2. The van der Waals surface area contributed by atoms with Crippen LogP contribution in [-0.4, -0.2) is 29.3 Å². The van der Waals surface area contributed by atoms with E-state index in [0.717, 1.165) is 82.8 Å². The molecule has 28 heavy (non-hydrogen) atoms. The molecule has 1 aromatic carbocycles. The van der Waals surface area contributed by atoms with E-state index in [1.807, 2.05) is 6.07 Å². The predicted molar refractivity (Wildman–Crippen MR) is 111 cm³/mol. The molecular weight excluding hydrogens is 356 g/mol. The second-order valence-corrected chi connectivity index (χ2v) is 7.42. The molecule has 5 nitrogen and oxygen atoms in total. The number of carboxylic acid groups (broad SMARTS) is 2. The van der Waals surface area contributed by atoms with Crippen LogP contribution in [-0.2, 0) is 22.4 Å². The minimum Gasteiger partial charge on any atom is -0.496 e. The van der Waals surface area contributed by atoms with Gasteiger partial charge in [0.15, 0.2) is 0 Å². The first-order valence-electron chi connectivity index (χ1n) is 10.6. The van der Waals surface area contributed by atoms with E-state index >= 15 is 0 Å². The van der Waals surface area contributed by atoms with E-state index in [-0.39, 0.29) is 12.8 Å². The fourth-order valence-corrected chi connectivity index (χ4v) is 3.55. The van der Waals surface area contributed by atoms with Gasteiger partial charge in [0.2, 0.25) is 0 Å². The molecule has 0 bridgehead atoms. The summed E-state index contributed by atoms with van der Waals surface area (Å²) in [6.45, 7) is 0. The van der Waals surface area contributed by atoms with Crippen LogP contribution in [0.3, 0.4) is 0 Å². The number of carboxylic acids is 2. The van der Waals surface area contributed by atoms with Gasteiger partial charge in [-0.15, -0.1) is 0 Å². The van der Waals surface area contributed by atoms with E-state index in [4.69, 9.17) is 14.9 Å². The Morgan fingerprint density at radius 3 is 1.79 bits per heavy atom. The van der Waals surface area contributed by atoms with Gasteiger partial charge in [0, 0.05) is 12.8 Å². The molecule has 0 spiro atoms. The third kappa shape index (κ3) is 11.0. The van der Waals surface area contributed by atoms with Gasteiger partial charge < -0.3 is 14.9 Å². The fraction of sp³-hybridized carbons (Fsp3) is 0.652. The maximum atomic E-state index is 10.5. The molecule has 0 amide bonds. The van der Waals surface area contributed by atoms with Crippen molar-refractivity contribution in [3.05, 3.63) is 29.3 Å². The molecule has 0 heterocycles. The van der Waals surface area contributed by atoms with Gasteiger partial charge >= 0.3 is 11.9 Å². The second kappa shape index (κ2) is 14.9. The molecule has 0 aromatic heterocycles. The van der Waals surface area contributed by atoms with Gasteiger partial charge in [-0.25, -0.2) is 0 Å². The summed E-state index contributed by atoms with van der Waals surface area (Å²) in [4.78, 5) is 21.1. The molecule has 0 saturated carbocycles. The Morgan fingerprint density at radius 2 is 1.25 bits per heavy atom. The van der Waals surface area contributed by atoms with Crippen LogP contribution < -0.4 is 4.74 Å². The molecule has 0 unspecified atom stereocenters. The van der Waals surface area contributed by atoms with Gasteiger partial charge in [0.25, 0.3) is 0 Å². The van der Waals surface area contributed by atoms with Crippen LogP contribution in [0, 0.1) is 0 Å². The molecule has 5 heteroatoms. The highest BCUT2D eigenvalue weighted by Gasteiger charge is 2.09. The van der Waals surface area contributed by atoms with E-state index in [9.17, 15) is 9.59 Å². The van der Waals surface area contributed by atoms with Crippen molar-refractivity contribution in [3.8, 4) is 5.75 Å². The van der Waals surface area contributed by atoms with E-state index in [1.54, 1.807) is 7.11 Å². The average Bonchev–Trinajstić information content (AvgIpc) is 2.66. The van der Waals surface area contributed by atoms with Crippen molar-refractivity contribution in [2.45, 2.75) is 89.9 Å². The number of hydrogen-bond acceptors (Lipinski definition) is 3. The van der Waals surface area contributed by atoms with Gasteiger partial charge in [-0.3, -0.25) is 9.59 Å². The first-order chi connectivity index (χ1) is 13.5. The Hall–Kier alpha value is -2.04. The highest BCUT2D eigenvalue weighted by atomic mass is 16.5. The fourth-order valence-electron chi connectivity index (χ4n) is 3.55. The maximum absolute atomic E-state index is 10.5. The van der Waals surface area contributed by atoms with Crippen molar-refractivity contribution in [2.75, 3.05) is 7.11 Å². The van der Waals surface area contributed by atoms with Gasteiger partial charge in [-0.1, -0.05) is 50.7 Å². The average molecular weight is 393 g/mol. The highest BCUT2D eigenvalue weighted by Crippen LogP contribution is 2.26. The number of aryl methyl sites for hydroxylation is 1. The summed E-state index contributed by atoms with van der Waals surface area (Å²) in [5, 5.41) is 17.3. The van der Waals surface area contributed by atoms with Gasteiger partial charge in [0.1, 0.15) is 5.75 Å². The van der Waals surface area contributed by atoms with Gasteiger partial charge in [0.05, 0.1) is 7.11 Å². The molecule has 0 atom stereocenters. The van der Waals surface area contributed by atoms with E-state index in [2.05, 4.69) is 12.1 Å². The summed E-state index contributed by atoms with van der Waals surface area (Å²) >= 11 is 0. The monoisotopic (exact) mass is 392 g/mol. The standard InChI is InChI=1S/C23H36O5/c1-28-21-16-12-14-19(13-8-4-2-6-10-17-22(24)25)20(21)15-9-5-3-7-11-18-23(26)27/h12,14,16H,2-11,13,15,17-18H2,1H3,(H,24,25)(H,26,27). The molecule has 1 aromatic rings. The number of benzene rings is 1. The van der Waals surface area contributed by atoms with Crippen LogP contribution in [0.2, 0.25) is 0 Å². The van der Waals surface area contributed by atoms with Crippen molar-refractivity contribution >= 4 is 11.9 Å². The molecule has 0 aliphatic rings. The van der Waals surface area contributed by atoms with Crippen molar-refractivity contribution in [3.63, 3.8) is 0 Å². The van der Waals surface area contributed by atoms with Crippen molar-refractivity contribution in [2.24, 2.45) is 0 Å². The molecule has 0 saturated heterocycles. The number of unbranched alkanes of at least 4 members (excludes halogenated alkanes) is 8. The minimum atomic E-state index is -0.708. The van der Waals surface area contributed by atoms with E-state index in [1.165, 1.54) is 11.1 Å². The zero-order chi connectivity index (χ0) is 20.6. The predicted octanol–water partition coefficient (Wildman–Crippen LogP) is 5.63. The summed E-state index contributed by atoms with van der Waals surface area (Å²) in [5.41, 5.74) is 2.66. The maximum Gasteiger partial charge on any atom is 0.303 e. The SMILES string of the molecule is COc1cccc(CCCCCCCC(=O)O)c1CCCCCCCC(=O)O. The Bertz CT molecular complexity index is 582. The summed E-state index contributed by atoms with van der Waals surface area (Å²) < 4.78 is 5.57. The Balaban J connectivity index is 2.35. The summed E-state index contributed by atoms with van der Waals surface area (Å²) in [6.07, 6.45) is 12.7. The van der Waals surface area contributed by atoms with Crippen molar-refractivity contribution < 1.29 is 24.5 Å². The number of rotatable bonds is 17. The highest BCUT2D eigenvalue weighted by molar-refractivity contribution is 5.66. The topological polar surface area (TPSA) is 83.8 Å². The number of methoxy groups -OCH3 is 1. The van der Waals surface area contributed by atoms with Gasteiger partial charge in [-0.05, 0) is 55.7 Å². The third-order valence-electron chi connectivity index (χ3n) is 5.10. The Kier molecular flexibility index (Phi) is 12.8. The van der Waals surface area contributed by atoms with E-state index in [0.29, 0.717) is 0 Å². The number of ether oxygens (including phenoxy) is 1. The lowest BCUT2D eigenvalue weighted by Gasteiger charge is -2.14. The summed E-state index contributed by atoms with van der Waals surface area (Å²) in [7, 11) is 1.72. The van der Waals surface area contributed by atoms with Crippen LogP contribution in [0.4, 0.5) is 0 Å². The minimum absolute atomic E-state index is 0.271. The van der Waals surface area contributed by atoms with Crippen LogP contribution in [0.25, 0.3) is 0 Å². The molecule has 0 aliphatic heterocycles. The zero-order valence-electron chi connectivity index (χ0n) is 17.3. The van der Waals surface area contributed by atoms with Crippen molar-refractivity contribution in [1.29, 1.82) is 0 Å². The smallest absolute Gasteiger partial charge is 0.303 e. The van der Waals surface area contributed by atoms with Gasteiger partial charge in [-0.2, -0.15) is 0 Å². The molecule has 1 rings (SSSR count). The molecule has 0 fully saturated rings. The van der Waals surface area contributed by atoms with Crippen LogP contribution >= 0.6 is 0 Å². The number of aliphatic carboxylic acids is 2. The molecule has 158 valence electrons. The first kappa shape index (κ1) is 24.0. The summed E-state index contributed by atoms with van der Waals surface area (Å²) in [6, 6.07) is 6.27. The number of hydrogen-bond donors (Lipinski definition) is 2. The zero-order valence-corrected chi connectivity index (χ0v) is 17.3. The lowest BCUT2D eigenvalue weighted by Crippen LogP contribution is -2.00. The molecule has 2 N–H and O–H groups in total. The lowest BCUT2D eigenvalue weighted by atomic mass is 9.95. The van der Waals surface area contributed by atoms with Crippen LogP contribution in [0.1, 0.15) is 88.2 Å². The summed E-state index contributed by atoms with van der Waals surface area (Å²) in [5.74, 6) is -0.451. The van der Waals surface area contributed by atoms with Crippen molar-refractivity contribution in [1.82, 2.24) is 0 Å². The molecule has 0 radical (unpaired) electrons.